The lowest BCUT2D eigenvalue weighted by molar-refractivity contribution is -0.117. The molecule has 8 heteroatoms. The highest BCUT2D eigenvalue weighted by molar-refractivity contribution is 7.99. The molecule has 0 saturated carbocycles. The maximum Gasteiger partial charge on any atom is 0.410 e. The minimum Gasteiger partial charge on any atom is -0.444 e. The van der Waals surface area contributed by atoms with E-state index in [0.29, 0.717) is 11.3 Å². The highest BCUT2D eigenvalue weighted by Crippen LogP contribution is 2.19. The molecule has 0 unspecified atom stereocenters. The van der Waals surface area contributed by atoms with E-state index in [1.807, 2.05) is 23.6 Å². The van der Waals surface area contributed by atoms with Crippen LogP contribution in [0.25, 0.3) is 0 Å². The molecule has 0 spiro atoms. The zero-order valence-corrected chi connectivity index (χ0v) is 18.0. The van der Waals surface area contributed by atoms with E-state index in [4.69, 9.17) is 4.74 Å². The number of hydrogen-bond acceptors (Lipinski definition) is 5. The van der Waals surface area contributed by atoms with Crippen molar-refractivity contribution < 1.29 is 19.1 Å². The number of carbonyl (C=O) groups excluding carboxylic acids is 3. The Morgan fingerprint density at radius 1 is 1.21 bits per heavy atom. The van der Waals surface area contributed by atoms with Crippen LogP contribution in [0.15, 0.2) is 18.2 Å². The second kappa shape index (κ2) is 9.32. The van der Waals surface area contributed by atoms with Gasteiger partial charge in [-0.05, 0) is 51.5 Å². The molecule has 1 aromatic carbocycles. The van der Waals surface area contributed by atoms with E-state index in [0.717, 1.165) is 30.2 Å². The molecule has 0 aliphatic carbocycles. The van der Waals surface area contributed by atoms with Crippen LogP contribution in [0, 0.1) is 6.92 Å². The number of benzene rings is 1. The van der Waals surface area contributed by atoms with Gasteiger partial charge in [-0.2, -0.15) is 11.8 Å². The van der Waals surface area contributed by atoms with Crippen molar-refractivity contribution in [3.8, 4) is 0 Å². The summed E-state index contributed by atoms with van der Waals surface area (Å²) in [5.74, 6) is 1.61. The first-order valence-corrected chi connectivity index (χ1v) is 10.4. The Bertz CT molecular complexity index is 739. The second-order valence-electron chi connectivity index (χ2n) is 7.82. The smallest absolute Gasteiger partial charge is 0.410 e. The molecule has 1 aliphatic rings. The molecule has 1 aliphatic heterocycles. The van der Waals surface area contributed by atoms with Crippen LogP contribution in [0.5, 0.6) is 0 Å². The van der Waals surface area contributed by atoms with Crippen LogP contribution in [0.2, 0.25) is 0 Å². The molecular weight excluding hydrogens is 378 g/mol. The third-order valence-corrected chi connectivity index (χ3v) is 5.07. The third kappa shape index (κ3) is 6.44. The highest BCUT2D eigenvalue weighted by atomic mass is 32.2. The van der Waals surface area contributed by atoms with E-state index >= 15 is 0 Å². The lowest BCUT2D eigenvalue weighted by Crippen LogP contribution is -2.39. The number of rotatable bonds is 4. The van der Waals surface area contributed by atoms with Crippen molar-refractivity contribution in [2.24, 2.45) is 0 Å². The first-order chi connectivity index (χ1) is 13.1. The van der Waals surface area contributed by atoms with Gasteiger partial charge in [0.2, 0.25) is 5.91 Å². The molecule has 0 radical (unpaired) electrons. The van der Waals surface area contributed by atoms with Gasteiger partial charge in [0.05, 0.1) is 0 Å². The summed E-state index contributed by atoms with van der Waals surface area (Å²) in [7, 11) is 1.51. The first-order valence-electron chi connectivity index (χ1n) is 9.28. The standard InChI is InChI=1S/C20H29N3O4S/c1-14-12-15(18(25)23-8-10-28-11-9-23)6-7-16(14)21-17(24)13-22(5)19(26)27-20(2,3)4/h6-7,12H,8-11,13H2,1-5H3,(H,21,24). The van der Waals surface area contributed by atoms with Gasteiger partial charge in [-0.25, -0.2) is 4.79 Å². The summed E-state index contributed by atoms with van der Waals surface area (Å²) in [6.45, 7) is 8.56. The van der Waals surface area contributed by atoms with Gasteiger partial charge in [0, 0.05) is 42.9 Å². The summed E-state index contributed by atoms with van der Waals surface area (Å²) in [6.07, 6.45) is -0.556. The number of nitrogens with zero attached hydrogens (tertiary/aromatic N) is 2. The molecule has 1 N–H and O–H groups in total. The van der Waals surface area contributed by atoms with Crippen LogP contribution in [0.3, 0.4) is 0 Å². The van der Waals surface area contributed by atoms with Crippen molar-refractivity contribution in [2.75, 3.05) is 43.5 Å². The normalized spacial score (nSPS) is 14.4. The predicted molar refractivity (Wildman–Crippen MR) is 112 cm³/mol. The van der Waals surface area contributed by atoms with Crippen LogP contribution in [-0.2, 0) is 9.53 Å². The molecule has 28 heavy (non-hydrogen) atoms. The number of anilines is 1. The fraction of sp³-hybridized carbons (Fsp3) is 0.550. The van der Waals surface area contributed by atoms with Gasteiger partial charge in [-0.15, -0.1) is 0 Å². The van der Waals surface area contributed by atoms with Gasteiger partial charge in [0.1, 0.15) is 12.1 Å². The number of hydrogen-bond donors (Lipinski definition) is 1. The molecule has 1 saturated heterocycles. The fourth-order valence-corrected chi connectivity index (χ4v) is 3.60. The van der Waals surface area contributed by atoms with Crippen molar-refractivity contribution in [1.29, 1.82) is 0 Å². The summed E-state index contributed by atoms with van der Waals surface area (Å²) in [5, 5.41) is 2.79. The van der Waals surface area contributed by atoms with Crippen LogP contribution >= 0.6 is 11.8 Å². The summed E-state index contributed by atoms with van der Waals surface area (Å²) in [6, 6.07) is 5.24. The van der Waals surface area contributed by atoms with Crippen molar-refractivity contribution in [3.63, 3.8) is 0 Å². The number of aryl methyl sites for hydroxylation is 1. The van der Waals surface area contributed by atoms with E-state index in [9.17, 15) is 14.4 Å². The number of likely N-dealkylation sites (N-methyl/N-ethyl adjacent to an activating group) is 1. The quantitative estimate of drug-likeness (QED) is 0.830. The third-order valence-electron chi connectivity index (χ3n) is 4.13. The summed E-state index contributed by atoms with van der Waals surface area (Å²) >= 11 is 1.85. The van der Waals surface area contributed by atoms with Gasteiger partial charge in [0.25, 0.3) is 5.91 Å². The van der Waals surface area contributed by atoms with Crippen LogP contribution < -0.4 is 5.32 Å². The first kappa shape index (κ1) is 22.1. The Morgan fingerprint density at radius 3 is 2.43 bits per heavy atom. The van der Waals surface area contributed by atoms with E-state index in [-0.39, 0.29) is 18.4 Å². The summed E-state index contributed by atoms with van der Waals surface area (Å²) in [5.41, 5.74) is 1.42. The Balaban J connectivity index is 1.95. The lowest BCUT2D eigenvalue weighted by atomic mass is 10.1. The van der Waals surface area contributed by atoms with Crippen molar-refractivity contribution in [2.45, 2.75) is 33.3 Å². The molecular formula is C20H29N3O4S. The molecule has 3 amide bonds. The molecule has 2 rings (SSSR count). The van der Waals surface area contributed by atoms with Crippen LogP contribution in [0.1, 0.15) is 36.7 Å². The van der Waals surface area contributed by atoms with E-state index in [1.165, 1.54) is 11.9 Å². The number of carbonyl (C=O) groups is 3. The molecule has 0 aromatic heterocycles. The monoisotopic (exact) mass is 407 g/mol. The van der Waals surface area contributed by atoms with E-state index in [2.05, 4.69) is 5.32 Å². The Morgan fingerprint density at radius 2 is 1.86 bits per heavy atom. The largest absolute Gasteiger partial charge is 0.444 e. The maximum absolute atomic E-state index is 12.6. The fourth-order valence-electron chi connectivity index (χ4n) is 2.70. The number of nitrogens with one attached hydrogen (secondary N) is 1. The van der Waals surface area contributed by atoms with Crippen molar-refractivity contribution in [1.82, 2.24) is 9.80 Å². The van der Waals surface area contributed by atoms with E-state index in [1.54, 1.807) is 39.0 Å². The predicted octanol–water partition coefficient (Wildman–Crippen LogP) is 2.99. The molecule has 1 aromatic rings. The highest BCUT2D eigenvalue weighted by Gasteiger charge is 2.22. The summed E-state index contributed by atoms with van der Waals surface area (Å²) < 4.78 is 5.24. The molecule has 0 atom stereocenters. The molecule has 1 heterocycles. The van der Waals surface area contributed by atoms with Crippen molar-refractivity contribution in [3.05, 3.63) is 29.3 Å². The molecule has 7 nitrogen and oxygen atoms in total. The minimum absolute atomic E-state index is 0.0194. The maximum atomic E-state index is 12.6. The number of ether oxygens (including phenoxy) is 1. The van der Waals surface area contributed by atoms with Crippen LogP contribution in [0.4, 0.5) is 10.5 Å². The molecule has 154 valence electrons. The summed E-state index contributed by atoms with van der Waals surface area (Å²) in [4.78, 5) is 39.9. The number of thioether (sulfide) groups is 1. The zero-order chi connectivity index (χ0) is 20.9. The van der Waals surface area contributed by atoms with Crippen molar-refractivity contribution >= 4 is 35.4 Å². The SMILES string of the molecule is Cc1cc(C(=O)N2CCSCC2)ccc1NC(=O)CN(C)C(=O)OC(C)(C)C. The van der Waals surface area contributed by atoms with E-state index < -0.39 is 11.7 Å². The van der Waals surface area contributed by atoms with Gasteiger partial charge in [-0.3, -0.25) is 9.59 Å². The van der Waals surface area contributed by atoms with Gasteiger partial charge in [-0.1, -0.05) is 0 Å². The second-order valence-corrected chi connectivity index (χ2v) is 9.04. The number of amides is 3. The average Bonchev–Trinajstić information content (AvgIpc) is 2.62. The zero-order valence-electron chi connectivity index (χ0n) is 17.2. The molecule has 0 bridgehead atoms. The Labute approximate surface area is 170 Å². The van der Waals surface area contributed by atoms with Gasteiger partial charge in [0.15, 0.2) is 0 Å². The average molecular weight is 408 g/mol. The van der Waals surface area contributed by atoms with Gasteiger partial charge >= 0.3 is 6.09 Å². The minimum atomic E-state index is -0.617. The Hall–Kier alpha value is -2.22. The molecule has 1 fully saturated rings. The lowest BCUT2D eigenvalue weighted by Gasteiger charge is -2.26. The topological polar surface area (TPSA) is 79.0 Å². The van der Waals surface area contributed by atoms with Crippen LogP contribution in [-0.4, -0.2) is 71.5 Å². The van der Waals surface area contributed by atoms with Gasteiger partial charge < -0.3 is 19.9 Å². The Kier molecular flexibility index (Phi) is 7.35.